The second-order valence-electron chi connectivity index (χ2n) is 3.37. The summed E-state index contributed by atoms with van der Waals surface area (Å²) in [5.41, 5.74) is 0.803. The van der Waals surface area contributed by atoms with E-state index in [1.807, 2.05) is 6.20 Å². The van der Waals surface area contributed by atoms with Crippen molar-refractivity contribution in [1.29, 1.82) is 0 Å². The minimum atomic E-state index is 0.0150. The molecule has 1 aromatic heterocycles. The second kappa shape index (κ2) is 6.21. The Labute approximate surface area is 90.6 Å². The summed E-state index contributed by atoms with van der Waals surface area (Å²) in [7, 11) is 5.41. The Balaban J connectivity index is 2.12. The standard InChI is InChI=1S/C9H15BN4O/c1-8(15)11-4-2-3-5-14-7-9(6-10)12-13-14/h7H,2-6H2,1H3,(H,11,15). The van der Waals surface area contributed by atoms with Gasteiger partial charge in [-0.1, -0.05) is 5.21 Å². The molecule has 5 nitrogen and oxygen atoms in total. The van der Waals surface area contributed by atoms with E-state index in [-0.39, 0.29) is 5.91 Å². The van der Waals surface area contributed by atoms with Gasteiger partial charge in [0.1, 0.15) is 0 Å². The Bertz CT molecular complexity index is 313. The van der Waals surface area contributed by atoms with Crippen molar-refractivity contribution >= 4 is 13.8 Å². The van der Waals surface area contributed by atoms with E-state index in [1.165, 1.54) is 6.92 Å². The summed E-state index contributed by atoms with van der Waals surface area (Å²) < 4.78 is 1.77. The molecule has 1 aromatic rings. The number of nitrogens with zero attached hydrogens (tertiary/aromatic N) is 3. The maximum Gasteiger partial charge on any atom is 0.216 e. The first kappa shape index (κ1) is 11.7. The van der Waals surface area contributed by atoms with Crippen molar-refractivity contribution < 1.29 is 4.79 Å². The lowest BCUT2D eigenvalue weighted by molar-refractivity contribution is -0.118. The predicted octanol–water partition coefficient (Wildman–Crippen LogP) is -0.137. The minimum absolute atomic E-state index is 0.0150. The molecule has 6 heteroatoms. The van der Waals surface area contributed by atoms with Crippen molar-refractivity contribution in [2.45, 2.75) is 32.6 Å². The number of hydrogen-bond acceptors (Lipinski definition) is 3. The van der Waals surface area contributed by atoms with Crippen molar-refractivity contribution in [2.24, 2.45) is 0 Å². The lowest BCUT2D eigenvalue weighted by atomic mass is 10.0. The first-order valence-electron chi connectivity index (χ1n) is 5.06. The van der Waals surface area contributed by atoms with Crippen LogP contribution in [-0.2, 0) is 17.7 Å². The van der Waals surface area contributed by atoms with E-state index < -0.39 is 0 Å². The fourth-order valence-electron chi connectivity index (χ4n) is 1.20. The predicted molar refractivity (Wildman–Crippen MR) is 57.4 cm³/mol. The third kappa shape index (κ3) is 4.62. The van der Waals surface area contributed by atoms with Crippen molar-refractivity contribution in [3.8, 4) is 0 Å². The molecule has 0 unspecified atom stereocenters. The normalized spacial score (nSPS) is 10.2. The lowest BCUT2D eigenvalue weighted by Crippen LogP contribution is -2.21. The van der Waals surface area contributed by atoms with Gasteiger partial charge < -0.3 is 5.32 Å². The van der Waals surface area contributed by atoms with E-state index in [9.17, 15) is 4.79 Å². The van der Waals surface area contributed by atoms with Crippen LogP contribution in [0.25, 0.3) is 0 Å². The highest BCUT2D eigenvalue weighted by Crippen LogP contribution is 1.96. The molecule has 15 heavy (non-hydrogen) atoms. The van der Waals surface area contributed by atoms with Crippen molar-refractivity contribution in [3.63, 3.8) is 0 Å². The van der Waals surface area contributed by atoms with E-state index in [2.05, 4.69) is 15.6 Å². The van der Waals surface area contributed by atoms with Crippen molar-refractivity contribution in [2.75, 3.05) is 6.54 Å². The summed E-state index contributed by atoms with van der Waals surface area (Å²) in [6, 6.07) is 0. The smallest absolute Gasteiger partial charge is 0.216 e. The molecule has 1 N–H and O–H groups in total. The number of nitrogens with one attached hydrogen (secondary N) is 1. The van der Waals surface area contributed by atoms with Gasteiger partial charge in [0, 0.05) is 26.2 Å². The maximum absolute atomic E-state index is 10.6. The van der Waals surface area contributed by atoms with Gasteiger partial charge in [0.25, 0.3) is 0 Å². The molecule has 0 aliphatic carbocycles. The number of aromatic nitrogens is 3. The van der Waals surface area contributed by atoms with Gasteiger partial charge >= 0.3 is 0 Å². The van der Waals surface area contributed by atoms with Crippen LogP contribution >= 0.6 is 0 Å². The van der Waals surface area contributed by atoms with E-state index >= 15 is 0 Å². The molecule has 0 fully saturated rings. The number of hydrogen-bond donors (Lipinski definition) is 1. The number of aryl methyl sites for hydroxylation is 1. The Morgan fingerprint density at radius 2 is 2.40 bits per heavy atom. The average molecular weight is 206 g/mol. The van der Waals surface area contributed by atoms with Crippen LogP contribution in [0.3, 0.4) is 0 Å². The van der Waals surface area contributed by atoms with Crippen LogP contribution in [0, 0.1) is 0 Å². The molecule has 0 bridgehead atoms. The fourth-order valence-corrected chi connectivity index (χ4v) is 1.20. The molecule has 1 amide bonds. The highest BCUT2D eigenvalue weighted by atomic mass is 16.1. The molecule has 0 aliphatic heterocycles. The third-order valence-electron chi connectivity index (χ3n) is 1.98. The molecule has 0 aliphatic rings. The zero-order valence-corrected chi connectivity index (χ0v) is 8.94. The van der Waals surface area contributed by atoms with Crippen molar-refractivity contribution in [1.82, 2.24) is 20.3 Å². The molecule has 0 aromatic carbocycles. The van der Waals surface area contributed by atoms with Gasteiger partial charge in [0.2, 0.25) is 5.91 Å². The molecular formula is C9H15BN4O. The van der Waals surface area contributed by atoms with Gasteiger partial charge in [-0.3, -0.25) is 9.48 Å². The van der Waals surface area contributed by atoms with Gasteiger partial charge in [-0.05, 0) is 19.2 Å². The summed E-state index contributed by atoms with van der Waals surface area (Å²) in [4.78, 5) is 10.6. The molecule has 2 radical (unpaired) electrons. The van der Waals surface area contributed by atoms with Crippen LogP contribution < -0.4 is 5.32 Å². The molecule has 1 heterocycles. The Morgan fingerprint density at radius 3 is 3.00 bits per heavy atom. The molecule has 1 rings (SSSR count). The zero-order chi connectivity index (χ0) is 11.1. The van der Waals surface area contributed by atoms with Crippen LogP contribution in [0.1, 0.15) is 25.5 Å². The zero-order valence-electron chi connectivity index (χ0n) is 8.94. The SMILES string of the molecule is [B]Cc1cn(CCCCNC(C)=O)nn1. The monoisotopic (exact) mass is 206 g/mol. The molecule has 80 valence electrons. The number of carbonyl (C=O) groups excluding carboxylic acids is 1. The number of unbranched alkanes of at least 4 members (excludes halogenated alkanes) is 1. The highest BCUT2D eigenvalue weighted by Gasteiger charge is 1.97. The second-order valence-corrected chi connectivity index (χ2v) is 3.37. The van der Waals surface area contributed by atoms with E-state index in [0.717, 1.165) is 25.1 Å². The van der Waals surface area contributed by atoms with E-state index in [4.69, 9.17) is 7.85 Å². The van der Waals surface area contributed by atoms with Crippen LogP contribution in [0.5, 0.6) is 0 Å². The van der Waals surface area contributed by atoms with Gasteiger partial charge in [0.05, 0.1) is 13.5 Å². The summed E-state index contributed by atoms with van der Waals surface area (Å²) in [6.07, 6.45) is 4.18. The molecular weight excluding hydrogens is 191 g/mol. The molecule has 0 spiro atoms. The van der Waals surface area contributed by atoms with Gasteiger partial charge in [-0.15, -0.1) is 5.10 Å². The summed E-state index contributed by atoms with van der Waals surface area (Å²) in [5, 5.41) is 10.5. The number of rotatable bonds is 6. The quantitative estimate of drug-likeness (QED) is 0.520. The van der Waals surface area contributed by atoms with E-state index in [1.54, 1.807) is 4.68 Å². The van der Waals surface area contributed by atoms with Crippen LogP contribution in [-0.4, -0.2) is 35.3 Å². The number of amides is 1. The third-order valence-corrected chi connectivity index (χ3v) is 1.98. The maximum atomic E-state index is 10.6. The first-order chi connectivity index (χ1) is 7.22. The topological polar surface area (TPSA) is 59.8 Å². The minimum Gasteiger partial charge on any atom is -0.356 e. The van der Waals surface area contributed by atoms with Gasteiger partial charge in [-0.25, -0.2) is 0 Å². The molecule has 0 saturated heterocycles. The average Bonchev–Trinajstić information content (AvgIpc) is 2.65. The Kier molecular flexibility index (Phi) is 4.87. The number of carbonyl (C=O) groups is 1. The van der Waals surface area contributed by atoms with Crippen molar-refractivity contribution in [3.05, 3.63) is 11.9 Å². The molecule has 0 atom stereocenters. The Morgan fingerprint density at radius 1 is 1.60 bits per heavy atom. The largest absolute Gasteiger partial charge is 0.356 e. The van der Waals surface area contributed by atoms with Gasteiger partial charge in [0.15, 0.2) is 0 Å². The lowest BCUT2D eigenvalue weighted by Gasteiger charge is -2.01. The van der Waals surface area contributed by atoms with E-state index in [0.29, 0.717) is 12.9 Å². The molecule has 0 saturated carbocycles. The van der Waals surface area contributed by atoms with Crippen LogP contribution in [0.15, 0.2) is 6.20 Å². The Hall–Kier alpha value is -1.33. The summed E-state index contributed by atoms with van der Waals surface area (Å²) >= 11 is 0. The highest BCUT2D eigenvalue weighted by molar-refractivity contribution is 6.08. The summed E-state index contributed by atoms with van der Waals surface area (Å²) in [6.45, 7) is 3.05. The summed E-state index contributed by atoms with van der Waals surface area (Å²) in [5.74, 6) is 0.0150. The fraction of sp³-hybridized carbons (Fsp3) is 0.667. The van der Waals surface area contributed by atoms with Crippen LogP contribution in [0.4, 0.5) is 0 Å². The first-order valence-corrected chi connectivity index (χ1v) is 5.06. The van der Waals surface area contributed by atoms with Crippen LogP contribution in [0.2, 0.25) is 0 Å². The van der Waals surface area contributed by atoms with Gasteiger partial charge in [-0.2, -0.15) is 0 Å².